The molecule has 1 aliphatic rings. The number of hydrogen-bond acceptors (Lipinski definition) is 2. The summed E-state index contributed by atoms with van der Waals surface area (Å²) in [6.07, 6.45) is 7.99. The zero-order valence-electron chi connectivity index (χ0n) is 12.9. The number of para-hydroxylation sites is 2. The molecule has 1 saturated carbocycles. The first-order valence-electron chi connectivity index (χ1n) is 8.09. The first-order valence-corrected chi connectivity index (χ1v) is 8.09. The monoisotopic (exact) mass is 290 g/mol. The maximum Gasteiger partial charge on any atom is 0.319 e. The molecule has 4 nitrogen and oxygen atoms in total. The van der Waals surface area contributed by atoms with Crippen LogP contribution in [0.4, 0.5) is 10.5 Å². The SMILES string of the molecule is CCCCOc1ccccc1NC(=O)NC1CCCCC1. The van der Waals surface area contributed by atoms with Crippen molar-refractivity contribution in [2.24, 2.45) is 0 Å². The van der Waals surface area contributed by atoms with E-state index in [0.29, 0.717) is 12.6 Å². The summed E-state index contributed by atoms with van der Waals surface area (Å²) in [5.41, 5.74) is 0.738. The average molecular weight is 290 g/mol. The van der Waals surface area contributed by atoms with Gasteiger partial charge < -0.3 is 15.4 Å². The van der Waals surface area contributed by atoms with Crippen molar-refractivity contribution in [3.05, 3.63) is 24.3 Å². The summed E-state index contributed by atoms with van der Waals surface area (Å²) in [4.78, 5) is 12.1. The van der Waals surface area contributed by atoms with Crippen LogP contribution >= 0.6 is 0 Å². The molecule has 0 unspecified atom stereocenters. The third-order valence-corrected chi connectivity index (χ3v) is 3.83. The summed E-state index contributed by atoms with van der Waals surface area (Å²) in [5.74, 6) is 0.741. The van der Waals surface area contributed by atoms with E-state index in [2.05, 4.69) is 17.6 Å². The van der Waals surface area contributed by atoms with Gasteiger partial charge in [0.25, 0.3) is 0 Å². The Labute approximate surface area is 127 Å². The molecule has 0 bridgehead atoms. The number of carbonyl (C=O) groups is 1. The fourth-order valence-corrected chi connectivity index (χ4v) is 2.61. The molecule has 1 fully saturated rings. The van der Waals surface area contributed by atoms with Crippen molar-refractivity contribution in [2.45, 2.75) is 57.9 Å². The molecule has 0 aromatic heterocycles. The van der Waals surface area contributed by atoms with Crippen LogP contribution in [0.5, 0.6) is 5.75 Å². The van der Waals surface area contributed by atoms with Crippen molar-refractivity contribution >= 4 is 11.7 Å². The van der Waals surface area contributed by atoms with Gasteiger partial charge in [0.15, 0.2) is 0 Å². The second-order valence-corrected chi connectivity index (χ2v) is 5.63. The van der Waals surface area contributed by atoms with Crippen molar-refractivity contribution in [3.63, 3.8) is 0 Å². The Hall–Kier alpha value is -1.71. The fourth-order valence-electron chi connectivity index (χ4n) is 2.61. The molecular weight excluding hydrogens is 264 g/mol. The third kappa shape index (κ3) is 5.29. The third-order valence-electron chi connectivity index (χ3n) is 3.83. The lowest BCUT2D eigenvalue weighted by Crippen LogP contribution is -2.39. The van der Waals surface area contributed by atoms with Crippen LogP contribution in [0.25, 0.3) is 0 Å². The largest absolute Gasteiger partial charge is 0.491 e. The number of amides is 2. The van der Waals surface area contributed by atoms with E-state index in [1.807, 2.05) is 24.3 Å². The minimum absolute atomic E-state index is 0.131. The molecule has 116 valence electrons. The molecule has 21 heavy (non-hydrogen) atoms. The molecular formula is C17H26N2O2. The van der Waals surface area contributed by atoms with Crippen LogP contribution in [0.1, 0.15) is 51.9 Å². The smallest absolute Gasteiger partial charge is 0.319 e. The highest BCUT2D eigenvalue weighted by Crippen LogP contribution is 2.24. The van der Waals surface area contributed by atoms with Gasteiger partial charge in [-0.3, -0.25) is 0 Å². The van der Waals surface area contributed by atoms with Gasteiger partial charge in [0, 0.05) is 6.04 Å². The van der Waals surface area contributed by atoms with Crippen molar-refractivity contribution in [3.8, 4) is 5.75 Å². The minimum atomic E-state index is -0.131. The molecule has 1 aromatic rings. The molecule has 4 heteroatoms. The molecule has 0 spiro atoms. The first kappa shape index (κ1) is 15.7. The van der Waals surface area contributed by atoms with Gasteiger partial charge in [0.05, 0.1) is 12.3 Å². The maximum absolute atomic E-state index is 12.1. The van der Waals surface area contributed by atoms with Gasteiger partial charge in [-0.1, -0.05) is 44.7 Å². The van der Waals surface area contributed by atoms with Gasteiger partial charge in [-0.2, -0.15) is 0 Å². The van der Waals surface area contributed by atoms with E-state index in [4.69, 9.17) is 4.74 Å². The molecule has 2 rings (SSSR count). The van der Waals surface area contributed by atoms with Gasteiger partial charge in [0.1, 0.15) is 5.75 Å². The maximum atomic E-state index is 12.1. The lowest BCUT2D eigenvalue weighted by Gasteiger charge is -2.23. The number of carbonyl (C=O) groups excluding carboxylic acids is 1. The molecule has 2 N–H and O–H groups in total. The molecule has 0 heterocycles. The second-order valence-electron chi connectivity index (χ2n) is 5.63. The quantitative estimate of drug-likeness (QED) is 0.767. The van der Waals surface area contributed by atoms with Crippen LogP contribution in [-0.4, -0.2) is 18.7 Å². The van der Waals surface area contributed by atoms with E-state index in [1.165, 1.54) is 19.3 Å². The highest BCUT2D eigenvalue weighted by atomic mass is 16.5. The summed E-state index contributed by atoms with van der Waals surface area (Å²) in [6.45, 7) is 2.81. The van der Waals surface area contributed by atoms with Crippen molar-refractivity contribution in [1.82, 2.24) is 5.32 Å². The summed E-state index contributed by atoms with van der Waals surface area (Å²) in [6, 6.07) is 7.78. The molecule has 1 aromatic carbocycles. The van der Waals surface area contributed by atoms with E-state index < -0.39 is 0 Å². The van der Waals surface area contributed by atoms with Crippen molar-refractivity contribution in [2.75, 3.05) is 11.9 Å². The number of rotatable bonds is 6. The summed E-state index contributed by atoms with van der Waals surface area (Å²) >= 11 is 0. The van der Waals surface area contributed by atoms with Crippen LogP contribution in [-0.2, 0) is 0 Å². The van der Waals surface area contributed by atoms with Gasteiger partial charge >= 0.3 is 6.03 Å². The lowest BCUT2D eigenvalue weighted by molar-refractivity contribution is 0.244. The Morgan fingerprint density at radius 1 is 1.24 bits per heavy atom. The topological polar surface area (TPSA) is 50.4 Å². The minimum Gasteiger partial charge on any atom is -0.491 e. The Morgan fingerprint density at radius 2 is 2.00 bits per heavy atom. The molecule has 0 saturated heterocycles. The highest BCUT2D eigenvalue weighted by molar-refractivity contribution is 5.91. The summed E-state index contributed by atoms with van der Waals surface area (Å²) < 4.78 is 5.73. The van der Waals surface area contributed by atoms with Gasteiger partial charge in [0.2, 0.25) is 0 Å². The zero-order chi connectivity index (χ0) is 14.9. The Bertz CT molecular complexity index is 442. The predicted molar refractivity (Wildman–Crippen MR) is 85.9 cm³/mol. The van der Waals surface area contributed by atoms with Gasteiger partial charge in [-0.15, -0.1) is 0 Å². The van der Waals surface area contributed by atoms with Crippen LogP contribution < -0.4 is 15.4 Å². The van der Waals surface area contributed by atoms with Gasteiger partial charge in [-0.05, 0) is 31.4 Å². The normalized spacial score (nSPS) is 15.5. The van der Waals surface area contributed by atoms with Crippen LogP contribution in [0.2, 0.25) is 0 Å². The first-order chi connectivity index (χ1) is 10.3. The average Bonchev–Trinajstić information content (AvgIpc) is 2.50. The number of nitrogens with one attached hydrogen (secondary N) is 2. The zero-order valence-corrected chi connectivity index (χ0v) is 12.9. The Kier molecular flexibility index (Phi) is 6.38. The number of unbranched alkanes of at least 4 members (excludes halogenated alkanes) is 1. The number of ether oxygens (including phenoxy) is 1. The molecule has 0 radical (unpaired) electrons. The number of benzene rings is 1. The summed E-state index contributed by atoms with van der Waals surface area (Å²) in [7, 11) is 0. The molecule has 0 atom stereocenters. The van der Waals surface area contributed by atoms with E-state index >= 15 is 0 Å². The van der Waals surface area contributed by atoms with Gasteiger partial charge in [-0.25, -0.2) is 4.79 Å². The standard InChI is InChI=1S/C17H26N2O2/c1-2-3-13-21-16-12-8-7-11-15(16)19-17(20)18-14-9-5-4-6-10-14/h7-8,11-12,14H,2-6,9-10,13H2,1H3,(H2,18,19,20). The molecule has 2 amide bonds. The van der Waals surface area contributed by atoms with E-state index in [0.717, 1.165) is 37.1 Å². The van der Waals surface area contributed by atoms with Crippen LogP contribution in [0, 0.1) is 0 Å². The molecule has 0 aliphatic heterocycles. The van der Waals surface area contributed by atoms with E-state index in [1.54, 1.807) is 0 Å². The highest BCUT2D eigenvalue weighted by Gasteiger charge is 2.16. The van der Waals surface area contributed by atoms with E-state index in [9.17, 15) is 4.79 Å². The van der Waals surface area contributed by atoms with Crippen LogP contribution in [0.3, 0.4) is 0 Å². The van der Waals surface area contributed by atoms with Crippen molar-refractivity contribution < 1.29 is 9.53 Å². The Balaban J connectivity index is 1.87. The predicted octanol–water partition coefficient (Wildman–Crippen LogP) is 4.32. The lowest BCUT2D eigenvalue weighted by atomic mass is 9.96. The fraction of sp³-hybridized carbons (Fsp3) is 0.588. The second kappa shape index (κ2) is 8.55. The van der Waals surface area contributed by atoms with E-state index in [-0.39, 0.29) is 6.03 Å². The number of anilines is 1. The number of hydrogen-bond donors (Lipinski definition) is 2. The Morgan fingerprint density at radius 3 is 2.76 bits per heavy atom. The van der Waals surface area contributed by atoms with Crippen LogP contribution in [0.15, 0.2) is 24.3 Å². The van der Waals surface area contributed by atoms with Crippen molar-refractivity contribution in [1.29, 1.82) is 0 Å². The summed E-state index contributed by atoms with van der Waals surface area (Å²) in [5, 5.41) is 5.97. The number of urea groups is 1. The molecule has 1 aliphatic carbocycles.